The Morgan fingerprint density at radius 3 is 3.00 bits per heavy atom. The highest BCUT2D eigenvalue weighted by atomic mass is 16.5. The van der Waals surface area contributed by atoms with Crippen molar-refractivity contribution in [2.24, 2.45) is 11.8 Å². The fraction of sp³-hybridized carbons (Fsp3) is 0.650. The number of nitrogens with one attached hydrogen (secondary N) is 2. The quantitative estimate of drug-likeness (QED) is 0.675. The average molecular weight is 344 g/mol. The van der Waals surface area contributed by atoms with Crippen LogP contribution in [0, 0.1) is 11.8 Å². The van der Waals surface area contributed by atoms with E-state index in [1.807, 2.05) is 0 Å². The molecule has 3 aliphatic rings. The highest BCUT2D eigenvalue weighted by Crippen LogP contribution is 2.61. The second-order valence-corrected chi connectivity index (χ2v) is 7.94. The molecule has 5 heteroatoms. The Morgan fingerprint density at radius 2 is 2.16 bits per heavy atom. The van der Waals surface area contributed by atoms with E-state index in [0.717, 1.165) is 13.0 Å². The second-order valence-electron chi connectivity index (χ2n) is 7.94. The SMILES string of the molecule is O=C(NC[C@H](O)COCC1CC1)NC[C@@H]1C[C@@]12CCc1ccccc12. The van der Waals surface area contributed by atoms with Crippen LogP contribution in [0.2, 0.25) is 0 Å². The van der Waals surface area contributed by atoms with Crippen LogP contribution in [0.4, 0.5) is 4.79 Å². The van der Waals surface area contributed by atoms with Crippen molar-refractivity contribution in [3.05, 3.63) is 35.4 Å². The summed E-state index contributed by atoms with van der Waals surface area (Å²) in [5, 5.41) is 15.5. The van der Waals surface area contributed by atoms with Crippen LogP contribution in [0.3, 0.4) is 0 Å². The molecule has 0 bridgehead atoms. The standard InChI is InChI=1S/C20H28N2O3/c23-17(13-25-12-14-5-6-14)11-22-19(24)21-10-16-9-20(16)8-7-15-3-1-2-4-18(15)20/h1-4,14,16-17,23H,5-13H2,(H2,21,22,24)/t16-,17-,20-/m0/s1. The van der Waals surface area contributed by atoms with Crippen LogP contribution in [0.25, 0.3) is 0 Å². The number of ether oxygens (including phenoxy) is 1. The number of hydrogen-bond donors (Lipinski definition) is 3. The third-order valence-electron chi connectivity index (χ3n) is 5.99. The topological polar surface area (TPSA) is 70.6 Å². The molecule has 0 saturated heterocycles. The largest absolute Gasteiger partial charge is 0.389 e. The minimum Gasteiger partial charge on any atom is -0.389 e. The third kappa shape index (κ3) is 3.82. The normalized spacial score (nSPS) is 27.8. The molecule has 136 valence electrons. The van der Waals surface area contributed by atoms with Gasteiger partial charge in [-0.15, -0.1) is 0 Å². The number of benzene rings is 1. The molecular formula is C20H28N2O3. The Hall–Kier alpha value is -1.59. The molecule has 0 heterocycles. The summed E-state index contributed by atoms with van der Waals surface area (Å²) < 4.78 is 5.43. The summed E-state index contributed by atoms with van der Waals surface area (Å²) in [6.45, 7) is 1.96. The van der Waals surface area contributed by atoms with Crippen LogP contribution < -0.4 is 10.6 Å². The van der Waals surface area contributed by atoms with Gasteiger partial charge < -0.3 is 20.5 Å². The van der Waals surface area contributed by atoms with E-state index in [4.69, 9.17) is 4.74 Å². The smallest absolute Gasteiger partial charge is 0.314 e. The van der Waals surface area contributed by atoms with Crippen molar-refractivity contribution >= 4 is 6.03 Å². The number of aryl methyl sites for hydroxylation is 1. The van der Waals surface area contributed by atoms with Gasteiger partial charge in [-0.2, -0.15) is 0 Å². The zero-order valence-corrected chi connectivity index (χ0v) is 14.7. The molecule has 25 heavy (non-hydrogen) atoms. The highest BCUT2D eigenvalue weighted by molar-refractivity contribution is 5.74. The van der Waals surface area contributed by atoms with Gasteiger partial charge in [-0.3, -0.25) is 0 Å². The van der Waals surface area contributed by atoms with Crippen LogP contribution in [-0.2, 0) is 16.6 Å². The lowest BCUT2D eigenvalue weighted by molar-refractivity contribution is 0.0337. The Labute approximate surface area is 149 Å². The monoisotopic (exact) mass is 344 g/mol. The van der Waals surface area contributed by atoms with E-state index in [-0.39, 0.29) is 12.6 Å². The number of urea groups is 1. The Kier molecular flexibility index (Phi) is 4.69. The predicted molar refractivity (Wildman–Crippen MR) is 95.5 cm³/mol. The molecule has 4 rings (SSSR count). The maximum Gasteiger partial charge on any atom is 0.314 e. The van der Waals surface area contributed by atoms with E-state index >= 15 is 0 Å². The number of amides is 2. The lowest BCUT2D eigenvalue weighted by Gasteiger charge is -2.14. The van der Waals surface area contributed by atoms with Crippen LogP contribution in [0.15, 0.2) is 24.3 Å². The van der Waals surface area contributed by atoms with Crippen molar-refractivity contribution in [1.29, 1.82) is 0 Å². The molecule has 3 aliphatic carbocycles. The summed E-state index contributed by atoms with van der Waals surface area (Å²) in [4.78, 5) is 11.9. The molecule has 1 spiro atoms. The maximum absolute atomic E-state index is 11.9. The number of carbonyl (C=O) groups is 1. The van der Waals surface area contributed by atoms with Gasteiger partial charge in [0, 0.05) is 25.1 Å². The molecule has 0 radical (unpaired) electrons. The van der Waals surface area contributed by atoms with Gasteiger partial charge in [-0.1, -0.05) is 24.3 Å². The first-order valence-corrected chi connectivity index (χ1v) is 9.53. The summed E-state index contributed by atoms with van der Waals surface area (Å²) in [7, 11) is 0. The zero-order valence-electron chi connectivity index (χ0n) is 14.7. The lowest BCUT2D eigenvalue weighted by Crippen LogP contribution is -2.42. The van der Waals surface area contributed by atoms with Crippen molar-refractivity contribution in [2.45, 2.75) is 43.6 Å². The Bertz CT molecular complexity index is 631. The fourth-order valence-corrected chi connectivity index (χ4v) is 4.20. The summed E-state index contributed by atoms with van der Waals surface area (Å²) in [6.07, 6.45) is 5.37. The van der Waals surface area contributed by atoms with Gasteiger partial charge in [0.2, 0.25) is 0 Å². The molecule has 0 aromatic heterocycles. The van der Waals surface area contributed by atoms with E-state index in [2.05, 4.69) is 34.9 Å². The van der Waals surface area contributed by atoms with Gasteiger partial charge in [-0.25, -0.2) is 4.79 Å². The van der Waals surface area contributed by atoms with Crippen LogP contribution in [0.5, 0.6) is 0 Å². The number of aliphatic hydroxyl groups is 1. The van der Waals surface area contributed by atoms with E-state index < -0.39 is 6.10 Å². The first kappa shape index (κ1) is 16.9. The molecule has 2 fully saturated rings. The van der Waals surface area contributed by atoms with E-state index in [1.54, 1.807) is 0 Å². The summed E-state index contributed by atoms with van der Waals surface area (Å²) >= 11 is 0. The van der Waals surface area contributed by atoms with Crippen molar-refractivity contribution < 1.29 is 14.6 Å². The molecule has 0 unspecified atom stereocenters. The predicted octanol–water partition coefficient (Wildman–Crippen LogP) is 1.98. The third-order valence-corrected chi connectivity index (χ3v) is 5.99. The van der Waals surface area contributed by atoms with E-state index in [9.17, 15) is 9.90 Å². The molecule has 2 amide bonds. The molecule has 1 aromatic rings. The molecule has 5 nitrogen and oxygen atoms in total. The lowest BCUT2D eigenvalue weighted by atomic mass is 9.95. The van der Waals surface area contributed by atoms with Crippen molar-refractivity contribution in [2.75, 3.05) is 26.3 Å². The highest BCUT2D eigenvalue weighted by Gasteiger charge is 2.57. The van der Waals surface area contributed by atoms with Crippen molar-refractivity contribution in [3.8, 4) is 0 Å². The number of hydrogen-bond acceptors (Lipinski definition) is 3. The fourth-order valence-electron chi connectivity index (χ4n) is 4.20. The summed E-state index contributed by atoms with van der Waals surface area (Å²) in [5.74, 6) is 1.23. The molecule has 3 atom stereocenters. The second kappa shape index (κ2) is 6.96. The van der Waals surface area contributed by atoms with Gasteiger partial charge in [0.25, 0.3) is 0 Å². The van der Waals surface area contributed by atoms with Crippen LogP contribution in [-0.4, -0.2) is 43.5 Å². The number of fused-ring (bicyclic) bond motifs is 2. The Balaban J connectivity index is 1.14. The molecule has 0 aliphatic heterocycles. The van der Waals surface area contributed by atoms with E-state index in [1.165, 1.54) is 36.8 Å². The molecular weight excluding hydrogens is 316 g/mol. The van der Waals surface area contributed by atoms with Gasteiger partial charge in [-0.05, 0) is 55.1 Å². The van der Waals surface area contributed by atoms with Crippen LogP contribution >= 0.6 is 0 Å². The molecule has 1 aromatic carbocycles. The van der Waals surface area contributed by atoms with Gasteiger partial charge >= 0.3 is 6.03 Å². The first-order chi connectivity index (χ1) is 12.2. The summed E-state index contributed by atoms with van der Waals surface area (Å²) in [6, 6.07) is 8.51. The number of carbonyl (C=O) groups excluding carboxylic acids is 1. The summed E-state index contributed by atoms with van der Waals surface area (Å²) in [5.41, 5.74) is 3.27. The number of aliphatic hydroxyl groups excluding tert-OH is 1. The maximum atomic E-state index is 11.9. The number of rotatable bonds is 8. The minimum atomic E-state index is -0.640. The average Bonchev–Trinajstić information content (AvgIpc) is 3.51. The van der Waals surface area contributed by atoms with Crippen LogP contribution in [0.1, 0.15) is 36.8 Å². The first-order valence-electron chi connectivity index (χ1n) is 9.53. The molecule has 3 N–H and O–H groups in total. The van der Waals surface area contributed by atoms with Gasteiger partial charge in [0.15, 0.2) is 0 Å². The van der Waals surface area contributed by atoms with Gasteiger partial charge in [0.05, 0.1) is 12.7 Å². The zero-order chi connectivity index (χ0) is 17.3. The van der Waals surface area contributed by atoms with E-state index in [0.29, 0.717) is 30.4 Å². The Morgan fingerprint density at radius 1 is 1.32 bits per heavy atom. The minimum absolute atomic E-state index is 0.199. The van der Waals surface area contributed by atoms with Crippen molar-refractivity contribution in [3.63, 3.8) is 0 Å². The molecule has 2 saturated carbocycles. The van der Waals surface area contributed by atoms with Crippen molar-refractivity contribution in [1.82, 2.24) is 10.6 Å². The van der Waals surface area contributed by atoms with Gasteiger partial charge in [0.1, 0.15) is 0 Å².